The molecule has 0 aliphatic carbocycles. The van der Waals surface area contributed by atoms with E-state index in [2.05, 4.69) is 5.32 Å². The number of nitrogens with one attached hydrogen (secondary N) is 1. The van der Waals surface area contributed by atoms with Crippen LogP contribution < -0.4 is 11.1 Å². The average molecular weight is 175 g/mol. The van der Waals surface area contributed by atoms with Crippen LogP contribution in [0.15, 0.2) is 30.3 Å². The van der Waals surface area contributed by atoms with Crippen LogP contribution >= 0.6 is 12.4 Å². The highest BCUT2D eigenvalue weighted by molar-refractivity contribution is 5.85. The number of anilines is 1. The zero-order valence-corrected chi connectivity index (χ0v) is 7.69. The Kier molecular flexibility index (Phi) is 10.9. The summed E-state index contributed by atoms with van der Waals surface area (Å²) in [6.45, 7) is 0. The standard InChI is InChI=1S/C6H7N.C2H7N.ClH/c7-6-4-2-1-3-5-6;1-3-2;/h1-5H,7H2;3H,1-2H3;1H. The number of benzene rings is 1. The van der Waals surface area contributed by atoms with E-state index >= 15 is 0 Å². The maximum absolute atomic E-state index is 5.36. The van der Waals surface area contributed by atoms with E-state index in [9.17, 15) is 0 Å². The third-order valence-electron chi connectivity index (χ3n) is 0.800. The molecule has 2 nitrogen and oxygen atoms in total. The van der Waals surface area contributed by atoms with Crippen molar-refractivity contribution in [1.82, 2.24) is 5.32 Å². The highest BCUT2D eigenvalue weighted by Crippen LogP contribution is 1.95. The minimum absolute atomic E-state index is 0. The summed E-state index contributed by atoms with van der Waals surface area (Å²) in [6, 6.07) is 9.49. The quantitative estimate of drug-likeness (QED) is 0.586. The summed E-state index contributed by atoms with van der Waals surface area (Å²) in [5.41, 5.74) is 6.18. The first-order valence-electron chi connectivity index (χ1n) is 3.20. The van der Waals surface area contributed by atoms with E-state index in [1.165, 1.54) is 0 Å². The van der Waals surface area contributed by atoms with E-state index in [1.807, 2.05) is 44.4 Å². The van der Waals surface area contributed by atoms with Gasteiger partial charge in [0.05, 0.1) is 0 Å². The van der Waals surface area contributed by atoms with Crippen molar-refractivity contribution in [2.75, 3.05) is 19.8 Å². The molecule has 0 aliphatic heterocycles. The van der Waals surface area contributed by atoms with Crippen molar-refractivity contribution in [2.24, 2.45) is 0 Å². The topological polar surface area (TPSA) is 38.0 Å². The van der Waals surface area contributed by atoms with Crippen molar-refractivity contribution in [2.45, 2.75) is 0 Å². The van der Waals surface area contributed by atoms with E-state index < -0.39 is 0 Å². The van der Waals surface area contributed by atoms with Crippen LogP contribution in [0.25, 0.3) is 0 Å². The van der Waals surface area contributed by atoms with Gasteiger partial charge in [-0.1, -0.05) is 18.2 Å². The third-order valence-corrected chi connectivity index (χ3v) is 0.800. The Morgan fingerprint density at radius 1 is 1.09 bits per heavy atom. The normalized spacial score (nSPS) is 7.09. The summed E-state index contributed by atoms with van der Waals surface area (Å²) in [4.78, 5) is 0. The Morgan fingerprint density at radius 2 is 1.45 bits per heavy atom. The predicted octanol–water partition coefficient (Wildman–Crippen LogP) is 1.53. The average Bonchev–Trinajstić information content (AvgIpc) is 1.91. The maximum Gasteiger partial charge on any atom is 0.0313 e. The monoisotopic (exact) mass is 174 g/mol. The van der Waals surface area contributed by atoms with Crippen LogP contribution in [0.5, 0.6) is 0 Å². The van der Waals surface area contributed by atoms with Gasteiger partial charge in [-0.2, -0.15) is 0 Å². The molecule has 1 aromatic rings. The van der Waals surface area contributed by atoms with Gasteiger partial charge in [0, 0.05) is 5.69 Å². The molecule has 0 saturated carbocycles. The van der Waals surface area contributed by atoms with Gasteiger partial charge in [0.25, 0.3) is 0 Å². The predicted molar refractivity (Wildman–Crippen MR) is 53.1 cm³/mol. The highest BCUT2D eigenvalue weighted by Gasteiger charge is 1.72. The van der Waals surface area contributed by atoms with Crippen LogP contribution in [0.4, 0.5) is 5.69 Å². The first-order chi connectivity index (χ1) is 4.81. The summed E-state index contributed by atoms with van der Waals surface area (Å²) >= 11 is 0. The van der Waals surface area contributed by atoms with Crippen LogP contribution in [-0.2, 0) is 0 Å². The lowest BCUT2D eigenvalue weighted by Crippen LogP contribution is -1.89. The molecule has 3 N–H and O–H groups in total. The molecule has 0 saturated heterocycles. The second-order valence-corrected chi connectivity index (χ2v) is 1.91. The van der Waals surface area contributed by atoms with Crippen molar-refractivity contribution in [3.05, 3.63) is 30.3 Å². The zero-order chi connectivity index (χ0) is 7.82. The highest BCUT2D eigenvalue weighted by atomic mass is 35.5. The van der Waals surface area contributed by atoms with Crippen LogP contribution in [0.3, 0.4) is 0 Å². The first kappa shape index (κ1) is 12.9. The number of nitrogen functional groups attached to an aromatic ring is 1. The van der Waals surface area contributed by atoms with Gasteiger partial charge in [-0.15, -0.1) is 12.4 Å². The summed E-state index contributed by atoms with van der Waals surface area (Å²) < 4.78 is 0. The molecule has 0 radical (unpaired) electrons. The molecule has 64 valence electrons. The Morgan fingerprint density at radius 3 is 1.64 bits per heavy atom. The zero-order valence-electron chi connectivity index (χ0n) is 6.87. The number of hydrogen-bond acceptors (Lipinski definition) is 2. The second-order valence-electron chi connectivity index (χ2n) is 1.91. The van der Waals surface area contributed by atoms with Crippen molar-refractivity contribution < 1.29 is 0 Å². The molecule has 0 aromatic heterocycles. The van der Waals surface area contributed by atoms with Crippen molar-refractivity contribution >= 4 is 18.1 Å². The van der Waals surface area contributed by atoms with E-state index in [0.29, 0.717) is 0 Å². The fraction of sp³-hybridized carbons (Fsp3) is 0.250. The van der Waals surface area contributed by atoms with E-state index in [1.54, 1.807) is 0 Å². The summed E-state index contributed by atoms with van der Waals surface area (Å²) in [6.07, 6.45) is 0. The Balaban J connectivity index is 0. The fourth-order valence-electron chi connectivity index (χ4n) is 0.453. The minimum atomic E-state index is 0. The molecule has 0 atom stereocenters. The molecule has 0 aliphatic rings. The molecule has 0 spiro atoms. The number of halogens is 1. The molecule has 0 bridgehead atoms. The van der Waals surface area contributed by atoms with Gasteiger partial charge in [-0.05, 0) is 26.2 Å². The number of para-hydroxylation sites is 1. The second kappa shape index (κ2) is 9.27. The molecular formula is C8H15ClN2. The maximum atomic E-state index is 5.36. The van der Waals surface area contributed by atoms with Crippen molar-refractivity contribution in [3.63, 3.8) is 0 Å². The SMILES string of the molecule is CNC.Cl.Nc1ccccc1. The van der Waals surface area contributed by atoms with Crippen LogP contribution in [0, 0.1) is 0 Å². The lowest BCUT2D eigenvalue weighted by molar-refractivity contribution is 1.02. The molecule has 0 heterocycles. The minimum Gasteiger partial charge on any atom is -0.399 e. The van der Waals surface area contributed by atoms with E-state index in [-0.39, 0.29) is 12.4 Å². The fourth-order valence-corrected chi connectivity index (χ4v) is 0.453. The van der Waals surface area contributed by atoms with Crippen LogP contribution in [0.1, 0.15) is 0 Å². The van der Waals surface area contributed by atoms with Crippen LogP contribution in [-0.4, -0.2) is 14.1 Å². The molecular weight excluding hydrogens is 160 g/mol. The lowest BCUT2D eigenvalue weighted by atomic mass is 10.3. The Bertz CT molecular complexity index is 153. The van der Waals surface area contributed by atoms with Gasteiger partial charge in [-0.25, -0.2) is 0 Å². The van der Waals surface area contributed by atoms with Gasteiger partial charge in [0.2, 0.25) is 0 Å². The molecule has 0 amide bonds. The van der Waals surface area contributed by atoms with E-state index in [4.69, 9.17) is 5.73 Å². The molecule has 0 fully saturated rings. The van der Waals surface area contributed by atoms with Crippen molar-refractivity contribution in [1.29, 1.82) is 0 Å². The molecule has 3 heteroatoms. The van der Waals surface area contributed by atoms with Crippen molar-refractivity contribution in [3.8, 4) is 0 Å². The van der Waals surface area contributed by atoms with E-state index in [0.717, 1.165) is 5.69 Å². The smallest absolute Gasteiger partial charge is 0.0313 e. The van der Waals surface area contributed by atoms with Gasteiger partial charge >= 0.3 is 0 Å². The third kappa shape index (κ3) is 9.27. The number of hydrogen-bond donors (Lipinski definition) is 2. The summed E-state index contributed by atoms with van der Waals surface area (Å²) in [5, 5.41) is 2.75. The summed E-state index contributed by atoms with van der Waals surface area (Å²) in [5.74, 6) is 0. The van der Waals surface area contributed by atoms with Gasteiger partial charge < -0.3 is 11.1 Å². The Hall–Kier alpha value is -0.730. The van der Waals surface area contributed by atoms with Gasteiger partial charge in [0.15, 0.2) is 0 Å². The lowest BCUT2D eigenvalue weighted by Gasteiger charge is -1.83. The largest absolute Gasteiger partial charge is 0.399 e. The van der Waals surface area contributed by atoms with Gasteiger partial charge in [0.1, 0.15) is 0 Å². The van der Waals surface area contributed by atoms with Gasteiger partial charge in [-0.3, -0.25) is 0 Å². The first-order valence-corrected chi connectivity index (χ1v) is 3.20. The molecule has 1 rings (SSSR count). The molecule has 0 unspecified atom stereocenters. The summed E-state index contributed by atoms with van der Waals surface area (Å²) in [7, 11) is 3.75. The number of nitrogens with two attached hydrogens (primary N) is 1. The molecule has 1 aromatic carbocycles. The van der Waals surface area contributed by atoms with Crippen LogP contribution in [0.2, 0.25) is 0 Å². The molecule has 11 heavy (non-hydrogen) atoms. The Labute approximate surface area is 74.2 Å². The number of rotatable bonds is 0.